The number of anilines is 3. The molecule has 2 aromatic carbocycles. The van der Waals surface area contributed by atoms with Crippen LogP contribution in [0, 0.1) is 12.7 Å². The molecule has 9 heteroatoms. The Hall–Kier alpha value is -3.46. The van der Waals surface area contributed by atoms with E-state index in [1.165, 1.54) is 22.6 Å². The molecule has 0 amide bonds. The summed E-state index contributed by atoms with van der Waals surface area (Å²) in [7, 11) is 1.54. The van der Waals surface area contributed by atoms with Gasteiger partial charge in [-0.2, -0.15) is 0 Å². The molecule has 0 radical (unpaired) electrons. The standard InChI is InChI=1S/C20H20FN5O2S/c1-12-8-9-14(10-15(12)21)23-20(29)25(2)16-17(22)26(19(28)24-18(16)27)11-13-6-4-3-5-7-13/h3-10H,11,22H2,1-2H3,(H,23,29)(H,24,27,28). The van der Waals surface area contributed by atoms with Crippen LogP contribution in [0.5, 0.6) is 0 Å². The van der Waals surface area contributed by atoms with Gasteiger partial charge in [0.2, 0.25) is 0 Å². The van der Waals surface area contributed by atoms with Crippen LogP contribution in [0.1, 0.15) is 11.1 Å². The van der Waals surface area contributed by atoms with Crippen molar-refractivity contribution in [2.75, 3.05) is 23.0 Å². The van der Waals surface area contributed by atoms with Gasteiger partial charge in [0.05, 0.1) is 6.54 Å². The maximum Gasteiger partial charge on any atom is 0.330 e. The first kappa shape index (κ1) is 20.3. The first-order valence-electron chi connectivity index (χ1n) is 8.75. The van der Waals surface area contributed by atoms with Gasteiger partial charge in [-0.1, -0.05) is 36.4 Å². The highest BCUT2D eigenvalue weighted by Crippen LogP contribution is 2.19. The van der Waals surface area contributed by atoms with E-state index in [1.54, 1.807) is 19.1 Å². The zero-order chi connectivity index (χ0) is 21.1. The summed E-state index contributed by atoms with van der Waals surface area (Å²) < 4.78 is 15.0. The maximum atomic E-state index is 13.8. The van der Waals surface area contributed by atoms with Crippen molar-refractivity contribution >= 4 is 34.5 Å². The lowest BCUT2D eigenvalue weighted by atomic mass is 10.2. The van der Waals surface area contributed by atoms with Gasteiger partial charge < -0.3 is 16.0 Å². The summed E-state index contributed by atoms with van der Waals surface area (Å²) in [6.07, 6.45) is 0. The molecule has 0 saturated carbocycles. The number of aryl methyl sites for hydroxylation is 1. The molecule has 0 bridgehead atoms. The van der Waals surface area contributed by atoms with Crippen molar-refractivity contribution in [3.8, 4) is 0 Å². The molecule has 0 spiro atoms. The van der Waals surface area contributed by atoms with Gasteiger partial charge in [-0.3, -0.25) is 14.3 Å². The molecular weight excluding hydrogens is 393 g/mol. The van der Waals surface area contributed by atoms with Gasteiger partial charge >= 0.3 is 5.69 Å². The lowest BCUT2D eigenvalue weighted by molar-refractivity contribution is 0.619. The van der Waals surface area contributed by atoms with Crippen LogP contribution in [0.15, 0.2) is 58.1 Å². The van der Waals surface area contributed by atoms with Gasteiger partial charge in [0.25, 0.3) is 5.56 Å². The number of rotatable bonds is 4. The second kappa shape index (κ2) is 8.27. The number of hydrogen-bond donors (Lipinski definition) is 3. The molecule has 0 aliphatic carbocycles. The second-order valence-electron chi connectivity index (χ2n) is 6.52. The number of nitrogens with two attached hydrogens (primary N) is 1. The number of halogens is 1. The molecule has 150 valence electrons. The number of nitrogens with one attached hydrogen (secondary N) is 2. The van der Waals surface area contributed by atoms with E-state index < -0.39 is 11.2 Å². The third-order valence-electron chi connectivity index (χ3n) is 4.46. The van der Waals surface area contributed by atoms with E-state index in [4.69, 9.17) is 18.0 Å². The third-order valence-corrected chi connectivity index (χ3v) is 4.84. The predicted molar refractivity (Wildman–Crippen MR) is 117 cm³/mol. The van der Waals surface area contributed by atoms with Crippen molar-refractivity contribution in [2.45, 2.75) is 13.5 Å². The summed E-state index contributed by atoms with van der Waals surface area (Å²) in [5.41, 5.74) is 6.67. The van der Waals surface area contributed by atoms with Gasteiger partial charge in [0, 0.05) is 12.7 Å². The topological polar surface area (TPSA) is 96.2 Å². The Balaban J connectivity index is 1.93. The predicted octanol–water partition coefficient (Wildman–Crippen LogP) is 2.45. The molecule has 0 fully saturated rings. The van der Waals surface area contributed by atoms with Crippen molar-refractivity contribution in [2.24, 2.45) is 0 Å². The molecule has 4 N–H and O–H groups in total. The summed E-state index contributed by atoms with van der Waals surface area (Å²) in [4.78, 5) is 28.3. The number of nitrogens with zero attached hydrogens (tertiary/aromatic N) is 2. The van der Waals surface area contributed by atoms with E-state index >= 15 is 0 Å². The molecule has 0 saturated heterocycles. The fraction of sp³-hybridized carbons (Fsp3) is 0.150. The molecule has 0 aliphatic rings. The molecule has 1 aromatic heterocycles. The quantitative estimate of drug-likeness (QED) is 0.569. The molecule has 7 nitrogen and oxygen atoms in total. The first-order valence-corrected chi connectivity index (χ1v) is 9.16. The van der Waals surface area contributed by atoms with Crippen LogP contribution in [-0.2, 0) is 6.54 Å². The Labute approximate surface area is 171 Å². The lowest BCUT2D eigenvalue weighted by Gasteiger charge is -2.23. The van der Waals surface area contributed by atoms with E-state index in [9.17, 15) is 14.0 Å². The Bertz CT molecular complexity index is 1170. The van der Waals surface area contributed by atoms with Crippen molar-refractivity contribution in [3.63, 3.8) is 0 Å². The zero-order valence-corrected chi connectivity index (χ0v) is 16.7. The number of thiocarbonyl (C=S) groups is 1. The van der Waals surface area contributed by atoms with Crippen molar-refractivity contribution in [1.29, 1.82) is 0 Å². The van der Waals surface area contributed by atoms with Crippen LogP contribution in [0.2, 0.25) is 0 Å². The lowest BCUT2D eigenvalue weighted by Crippen LogP contribution is -2.40. The van der Waals surface area contributed by atoms with Crippen molar-refractivity contribution < 1.29 is 4.39 Å². The number of aromatic amines is 1. The smallest absolute Gasteiger partial charge is 0.330 e. The average Bonchev–Trinajstić information content (AvgIpc) is 2.68. The van der Waals surface area contributed by atoms with Crippen LogP contribution in [0.4, 0.5) is 21.6 Å². The number of aromatic nitrogens is 2. The van der Waals surface area contributed by atoms with Crippen LogP contribution < -0.4 is 27.2 Å². The zero-order valence-electron chi connectivity index (χ0n) is 15.9. The van der Waals surface area contributed by atoms with Gasteiger partial charge in [-0.05, 0) is 42.4 Å². The average molecular weight is 413 g/mol. The summed E-state index contributed by atoms with van der Waals surface area (Å²) >= 11 is 5.34. The number of H-pyrrole nitrogens is 1. The molecule has 3 rings (SSSR count). The number of benzene rings is 2. The number of nitrogen functional groups attached to an aromatic ring is 1. The molecule has 0 aliphatic heterocycles. The second-order valence-corrected chi connectivity index (χ2v) is 6.90. The molecule has 0 atom stereocenters. The van der Waals surface area contributed by atoms with Gasteiger partial charge in [0.1, 0.15) is 11.6 Å². The Morgan fingerprint density at radius 3 is 2.59 bits per heavy atom. The fourth-order valence-corrected chi connectivity index (χ4v) is 3.01. The van der Waals surface area contributed by atoms with Crippen molar-refractivity contribution in [1.82, 2.24) is 9.55 Å². The van der Waals surface area contributed by atoms with Crippen LogP contribution in [0.25, 0.3) is 0 Å². The van der Waals surface area contributed by atoms with Gasteiger partial charge in [-0.25, -0.2) is 9.18 Å². The van der Waals surface area contributed by atoms with E-state index in [0.29, 0.717) is 11.3 Å². The first-order chi connectivity index (χ1) is 13.8. The normalized spacial score (nSPS) is 10.6. The van der Waals surface area contributed by atoms with E-state index in [2.05, 4.69) is 10.3 Å². The monoisotopic (exact) mass is 413 g/mol. The van der Waals surface area contributed by atoms with Crippen LogP contribution in [-0.4, -0.2) is 21.7 Å². The molecule has 0 unspecified atom stereocenters. The molecule has 29 heavy (non-hydrogen) atoms. The highest BCUT2D eigenvalue weighted by atomic mass is 32.1. The Kier molecular flexibility index (Phi) is 5.79. The van der Waals surface area contributed by atoms with Crippen LogP contribution >= 0.6 is 12.2 Å². The minimum Gasteiger partial charge on any atom is -0.383 e. The molecule has 3 aromatic rings. The number of hydrogen-bond acceptors (Lipinski definition) is 4. The summed E-state index contributed by atoms with van der Waals surface area (Å²) in [6, 6.07) is 13.8. The minimum absolute atomic E-state index is 0.0191. The maximum absolute atomic E-state index is 13.8. The Morgan fingerprint density at radius 1 is 1.24 bits per heavy atom. The Morgan fingerprint density at radius 2 is 1.93 bits per heavy atom. The minimum atomic E-state index is -0.668. The van der Waals surface area contributed by atoms with E-state index in [-0.39, 0.29) is 29.0 Å². The van der Waals surface area contributed by atoms with Crippen LogP contribution in [0.3, 0.4) is 0 Å². The highest BCUT2D eigenvalue weighted by molar-refractivity contribution is 7.80. The molecule has 1 heterocycles. The van der Waals surface area contributed by atoms with E-state index in [1.807, 2.05) is 30.3 Å². The SMILES string of the molecule is Cc1ccc(NC(=S)N(C)c2c(N)n(Cc3ccccc3)c(=O)[nH]c2=O)cc1F. The van der Waals surface area contributed by atoms with Gasteiger partial charge in [-0.15, -0.1) is 0 Å². The molecular formula is C20H20FN5O2S. The summed E-state index contributed by atoms with van der Waals surface area (Å²) in [5.74, 6) is -0.404. The van der Waals surface area contributed by atoms with E-state index in [0.717, 1.165) is 5.56 Å². The summed E-state index contributed by atoms with van der Waals surface area (Å²) in [6.45, 7) is 1.84. The van der Waals surface area contributed by atoms with Gasteiger partial charge in [0.15, 0.2) is 10.8 Å². The highest BCUT2D eigenvalue weighted by Gasteiger charge is 2.19. The third kappa shape index (κ3) is 4.35. The summed E-state index contributed by atoms with van der Waals surface area (Å²) in [5, 5.41) is 2.99. The fourth-order valence-electron chi connectivity index (χ4n) is 2.80. The largest absolute Gasteiger partial charge is 0.383 e. The van der Waals surface area contributed by atoms with Crippen molar-refractivity contribution in [3.05, 3.63) is 86.3 Å².